The lowest BCUT2D eigenvalue weighted by Crippen LogP contribution is -2.40. The van der Waals surface area contributed by atoms with Crippen LogP contribution in [0.2, 0.25) is 0 Å². The number of carbonyl (C=O) groups excluding carboxylic acids is 1. The van der Waals surface area contributed by atoms with Gasteiger partial charge in [-0.15, -0.1) is 0 Å². The highest BCUT2D eigenvalue weighted by molar-refractivity contribution is 5.87. The van der Waals surface area contributed by atoms with Crippen molar-refractivity contribution in [1.29, 1.82) is 0 Å². The molecule has 1 atom stereocenters. The van der Waals surface area contributed by atoms with Crippen LogP contribution >= 0.6 is 0 Å². The lowest BCUT2D eigenvalue weighted by Gasteiger charge is -2.31. The molecular formula is C12H22O2. The van der Waals surface area contributed by atoms with E-state index >= 15 is 0 Å². The summed E-state index contributed by atoms with van der Waals surface area (Å²) in [6.45, 7) is 11.3. The van der Waals surface area contributed by atoms with Crippen LogP contribution in [0.1, 0.15) is 47.0 Å². The van der Waals surface area contributed by atoms with Gasteiger partial charge in [0.2, 0.25) is 0 Å². The zero-order valence-electron chi connectivity index (χ0n) is 9.80. The Morgan fingerprint density at radius 2 is 1.93 bits per heavy atom. The van der Waals surface area contributed by atoms with Crippen LogP contribution in [-0.4, -0.2) is 17.5 Å². The van der Waals surface area contributed by atoms with E-state index in [4.69, 9.17) is 4.74 Å². The third-order valence-corrected chi connectivity index (χ3v) is 2.74. The third kappa shape index (κ3) is 2.95. The molecule has 0 rings (SSSR count). The summed E-state index contributed by atoms with van der Waals surface area (Å²) < 4.78 is 5.83. The van der Waals surface area contributed by atoms with Crippen molar-refractivity contribution >= 4 is 5.78 Å². The maximum atomic E-state index is 11.5. The summed E-state index contributed by atoms with van der Waals surface area (Å²) in [4.78, 5) is 11.5. The predicted molar refractivity (Wildman–Crippen MR) is 59.4 cm³/mol. The molecule has 0 heterocycles. The maximum absolute atomic E-state index is 11.5. The van der Waals surface area contributed by atoms with Crippen molar-refractivity contribution in [3.8, 4) is 0 Å². The highest BCUT2D eigenvalue weighted by atomic mass is 16.5. The second-order valence-electron chi connectivity index (χ2n) is 3.56. The molecule has 1 unspecified atom stereocenters. The Morgan fingerprint density at radius 3 is 2.14 bits per heavy atom. The van der Waals surface area contributed by atoms with E-state index in [9.17, 15) is 4.79 Å². The summed E-state index contributed by atoms with van der Waals surface area (Å²) in [7, 11) is 0. The highest BCUT2D eigenvalue weighted by Crippen LogP contribution is 2.23. The number of rotatable bonds is 7. The van der Waals surface area contributed by atoms with E-state index in [0.29, 0.717) is 6.42 Å². The molecule has 0 aliphatic carbocycles. The van der Waals surface area contributed by atoms with Crippen molar-refractivity contribution in [3.63, 3.8) is 0 Å². The van der Waals surface area contributed by atoms with Gasteiger partial charge in [0.25, 0.3) is 0 Å². The molecule has 0 spiro atoms. The average Bonchev–Trinajstić information content (AvgIpc) is 2.20. The Balaban J connectivity index is 4.65. The van der Waals surface area contributed by atoms with Gasteiger partial charge in [0.1, 0.15) is 5.60 Å². The number of hydrogen-bond acceptors (Lipinski definition) is 2. The Labute approximate surface area is 87.3 Å². The Hall–Kier alpha value is -0.630. The molecule has 14 heavy (non-hydrogen) atoms. The van der Waals surface area contributed by atoms with Gasteiger partial charge in [0.15, 0.2) is 5.78 Å². The van der Waals surface area contributed by atoms with E-state index in [1.807, 2.05) is 6.92 Å². The Kier molecular flexibility index (Phi) is 5.70. The van der Waals surface area contributed by atoms with E-state index < -0.39 is 5.60 Å². The van der Waals surface area contributed by atoms with Gasteiger partial charge in [0, 0.05) is 0 Å². The fraction of sp³-hybridized carbons (Fsp3) is 0.750. The molecule has 0 aliphatic rings. The number of Topliss-reactive ketones (excluding diaryl/α,β-unsaturated/α-hetero) is 1. The van der Waals surface area contributed by atoms with Crippen LogP contribution in [-0.2, 0) is 9.53 Å². The average molecular weight is 198 g/mol. The van der Waals surface area contributed by atoms with Crippen LogP contribution < -0.4 is 0 Å². The number of carbonyl (C=O) groups is 1. The molecule has 0 fully saturated rings. The van der Waals surface area contributed by atoms with Gasteiger partial charge in [0.05, 0.1) is 6.10 Å². The van der Waals surface area contributed by atoms with Crippen molar-refractivity contribution in [1.82, 2.24) is 0 Å². The first-order valence-corrected chi connectivity index (χ1v) is 5.38. The maximum Gasteiger partial charge on any atom is 0.165 e. The number of ether oxygens (including phenoxy) is 1. The molecule has 0 aromatic heterocycles. The van der Waals surface area contributed by atoms with Crippen LogP contribution in [0.4, 0.5) is 0 Å². The lowest BCUT2D eigenvalue weighted by atomic mass is 9.95. The Morgan fingerprint density at radius 1 is 1.43 bits per heavy atom. The monoisotopic (exact) mass is 198 g/mol. The van der Waals surface area contributed by atoms with Crippen LogP contribution in [0.3, 0.4) is 0 Å². The fourth-order valence-corrected chi connectivity index (χ4v) is 1.50. The first-order valence-electron chi connectivity index (χ1n) is 5.38. The molecule has 82 valence electrons. The second kappa shape index (κ2) is 5.97. The zero-order valence-corrected chi connectivity index (χ0v) is 9.80. The standard InChI is InChI=1S/C12H22O2/c1-6-11(7-2)14-12(8-3,9-4)10(5)13/h8,11H,3,6-7,9H2,1-2,4-5H3. The van der Waals surface area contributed by atoms with Crippen molar-refractivity contribution in [2.45, 2.75) is 58.7 Å². The van der Waals surface area contributed by atoms with Gasteiger partial charge >= 0.3 is 0 Å². The third-order valence-electron chi connectivity index (χ3n) is 2.74. The summed E-state index contributed by atoms with van der Waals surface area (Å²) in [6.07, 6.45) is 4.30. The normalized spacial score (nSPS) is 15.2. The molecule has 0 N–H and O–H groups in total. The minimum absolute atomic E-state index is 0.0434. The summed E-state index contributed by atoms with van der Waals surface area (Å²) in [5.74, 6) is 0.0434. The summed E-state index contributed by atoms with van der Waals surface area (Å²) in [6, 6.07) is 0. The van der Waals surface area contributed by atoms with E-state index in [-0.39, 0.29) is 11.9 Å². The van der Waals surface area contributed by atoms with E-state index in [0.717, 1.165) is 12.8 Å². The summed E-state index contributed by atoms with van der Waals surface area (Å²) in [5.41, 5.74) is -0.767. The van der Waals surface area contributed by atoms with Gasteiger partial charge < -0.3 is 4.74 Å². The van der Waals surface area contributed by atoms with Crippen LogP contribution in [0.5, 0.6) is 0 Å². The molecule has 2 heteroatoms. The highest BCUT2D eigenvalue weighted by Gasteiger charge is 2.32. The first-order chi connectivity index (χ1) is 6.56. The van der Waals surface area contributed by atoms with Gasteiger partial charge in [-0.2, -0.15) is 0 Å². The molecule has 0 saturated carbocycles. The van der Waals surface area contributed by atoms with E-state index in [1.165, 1.54) is 0 Å². The second-order valence-corrected chi connectivity index (χ2v) is 3.56. The van der Waals surface area contributed by atoms with E-state index in [2.05, 4.69) is 20.4 Å². The van der Waals surface area contributed by atoms with Crippen molar-refractivity contribution in [2.75, 3.05) is 0 Å². The van der Waals surface area contributed by atoms with E-state index in [1.54, 1.807) is 13.0 Å². The van der Waals surface area contributed by atoms with Gasteiger partial charge in [-0.25, -0.2) is 0 Å². The quantitative estimate of drug-likeness (QED) is 0.587. The lowest BCUT2D eigenvalue weighted by molar-refractivity contribution is -0.143. The molecule has 0 radical (unpaired) electrons. The van der Waals surface area contributed by atoms with Crippen molar-refractivity contribution < 1.29 is 9.53 Å². The fourth-order valence-electron chi connectivity index (χ4n) is 1.50. The molecule has 0 bridgehead atoms. The zero-order chi connectivity index (χ0) is 11.2. The summed E-state index contributed by atoms with van der Waals surface area (Å²) >= 11 is 0. The van der Waals surface area contributed by atoms with Crippen LogP contribution in [0.15, 0.2) is 12.7 Å². The topological polar surface area (TPSA) is 26.3 Å². The van der Waals surface area contributed by atoms with Crippen molar-refractivity contribution in [3.05, 3.63) is 12.7 Å². The molecule has 0 saturated heterocycles. The largest absolute Gasteiger partial charge is 0.360 e. The molecule has 2 nitrogen and oxygen atoms in total. The van der Waals surface area contributed by atoms with Gasteiger partial charge in [-0.3, -0.25) is 4.79 Å². The van der Waals surface area contributed by atoms with Crippen molar-refractivity contribution in [2.24, 2.45) is 0 Å². The molecular weight excluding hydrogens is 176 g/mol. The van der Waals surface area contributed by atoms with Crippen LogP contribution in [0, 0.1) is 0 Å². The van der Waals surface area contributed by atoms with Gasteiger partial charge in [-0.1, -0.05) is 33.4 Å². The van der Waals surface area contributed by atoms with Crippen LogP contribution in [0.25, 0.3) is 0 Å². The minimum Gasteiger partial charge on any atom is -0.360 e. The van der Waals surface area contributed by atoms with Gasteiger partial charge in [-0.05, 0) is 26.2 Å². The molecule has 0 aromatic rings. The molecule has 0 aliphatic heterocycles. The number of ketones is 1. The molecule has 0 amide bonds. The predicted octanol–water partition coefficient (Wildman–Crippen LogP) is 3.12. The first kappa shape index (κ1) is 13.4. The minimum atomic E-state index is -0.767. The smallest absolute Gasteiger partial charge is 0.165 e. The number of hydrogen-bond donors (Lipinski definition) is 0. The molecule has 0 aromatic carbocycles. The SMILES string of the molecule is C=CC(CC)(OC(CC)CC)C(C)=O. The summed E-state index contributed by atoms with van der Waals surface area (Å²) in [5, 5.41) is 0. The Bertz CT molecular complexity index is 194.